The van der Waals surface area contributed by atoms with E-state index < -0.39 is 0 Å². The molecule has 0 rings (SSSR count). The van der Waals surface area contributed by atoms with E-state index in [4.69, 9.17) is 5.73 Å². The van der Waals surface area contributed by atoms with Crippen LogP contribution in [0, 0.1) is 0 Å². The molecular formula is C10H22ClN3O2. The van der Waals surface area contributed by atoms with Gasteiger partial charge in [-0.25, -0.2) is 0 Å². The first-order chi connectivity index (χ1) is 7.15. The molecule has 0 spiro atoms. The van der Waals surface area contributed by atoms with Gasteiger partial charge in [-0.15, -0.1) is 12.4 Å². The fraction of sp³-hybridized carbons (Fsp3) is 0.800. The van der Waals surface area contributed by atoms with Crippen molar-refractivity contribution in [2.24, 2.45) is 5.73 Å². The average Bonchev–Trinajstić information content (AvgIpc) is 2.25. The van der Waals surface area contributed by atoms with Crippen LogP contribution >= 0.6 is 12.4 Å². The van der Waals surface area contributed by atoms with Crippen LogP contribution in [0.1, 0.15) is 26.7 Å². The third-order valence-corrected chi connectivity index (χ3v) is 2.15. The summed E-state index contributed by atoms with van der Waals surface area (Å²) in [6, 6.07) is 0. The summed E-state index contributed by atoms with van der Waals surface area (Å²) >= 11 is 0. The highest BCUT2D eigenvalue weighted by Crippen LogP contribution is 1.97. The minimum Gasteiger partial charge on any atom is -0.355 e. The third-order valence-electron chi connectivity index (χ3n) is 2.15. The van der Waals surface area contributed by atoms with Crippen molar-refractivity contribution in [1.29, 1.82) is 0 Å². The summed E-state index contributed by atoms with van der Waals surface area (Å²) in [7, 11) is 0. The van der Waals surface area contributed by atoms with Gasteiger partial charge in [0.15, 0.2) is 0 Å². The Morgan fingerprint density at radius 3 is 2.19 bits per heavy atom. The van der Waals surface area contributed by atoms with Crippen LogP contribution < -0.4 is 11.1 Å². The molecule has 0 aromatic rings. The van der Waals surface area contributed by atoms with Crippen LogP contribution in [0.3, 0.4) is 0 Å². The molecule has 0 aromatic carbocycles. The highest BCUT2D eigenvalue weighted by atomic mass is 35.5. The molecule has 0 radical (unpaired) electrons. The first kappa shape index (κ1) is 17.6. The highest BCUT2D eigenvalue weighted by molar-refractivity contribution is 5.85. The molecule has 0 unspecified atom stereocenters. The van der Waals surface area contributed by atoms with Crippen LogP contribution in [0.2, 0.25) is 0 Å². The molecule has 0 atom stereocenters. The van der Waals surface area contributed by atoms with Crippen LogP contribution in [0.15, 0.2) is 0 Å². The maximum absolute atomic E-state index is 11.5. The van der Waals surface area contributed by atoms with Crippen LogP contribution in [-0.2, 0) is 9.59 Å². The lowest BCUT2D eigenvalue weighted by Crippen LogP contribution is -2.33. The molecular weight excluding hydrogens is 230 g/mol. The SMILES string of the molecule is CCN(CC)C(=O)CCC(=O)NCCN.Cl. The zero-order chi connectivity index (χ0) is 11.7. The van der Waals surface area contributed by atoms with E-state index in [-0.39, 0.29) is 37.1 Å². The largest absolute Gasteiger partial charge is 0.355 e. The lowest BCUT2D eigenvalue weighted by atomic mass is 10.2. The van der Waals surface area contributed by atoms with Gasteiger partial charge in [0, 0.05) is 39.0 Å². The standard InChI is InChI=1S/C10H21N3O2.ClH/c1-3-13(4-2)10(15)6-5-9(14)12-8-7-11;/h3-8,11H2,1-2H3,(H,12,14);1H. The van der Waals surface area contributed by atoms with E-state index in [9.17, 15) is 9.59 Å². The van der Waals surface area contributed by atoms with Crippen molar-refractivity contribution >= 4 is 24.2 Å². The molecule has 0 bridgehead atoms. The number of halogens is 1. The fourth-order valence-corrected chi connectivity index (χ4v) is 1.25. The van der Waals surface area contributed by atoms with E-state index in [1.807, 2.05) is 13.8 Å². The third kappa shape index (κ3) is 7.48. The van der Waals surface area contributed by atoms with Gasteiger partial charge < -0.3 is 16.0 Å². The van der Waals surface area contributed by atoms with Crippen LogP contribution in [0.5, 0.6) is 0 Å². The number of nitrogens with zero attached hydrogens (tertiary/aromatic N) is 1. The summed E-state index contributed by atoms with van der Waals surface area (Å²) in [5, 5.41) is 2.63. The molecule has 5 nitrogen and oxygen atoms in total. The van der Waals surface area contributed by atoms with Crippen molar-refractivity contribution in [2.45, 2.75) is 26.7 Å². The van der Waals surface area contributed by atoms with E-state index in [0.717, 1.165) is 0 Å². The van der Waals surface area contributed by atoms with Crippen LogP contribution in [0.25, 0.3) is 0 Å². The minimum atomic E-state index is -0.110. The summed E-state index contributed by atoms with van der Waals surface area (Å²) in [5.41, 5.74) is 5.23. The van der Waals surface area contributed by atoms with Gasteiger partial charge in [0.25, 0.3) is 0 Å². The molecule has 3 N–H and O–H groups in total. The quantitative estimate of drug-likeness (QED) is 0.676. The molecule has 0 heterocycles. The zero-order valence-electron chi connectivity index (χ0n) is 9.99. The first-order valence-electron chi connectivity index (χ1n) is 5.40. The van der Waals surface area contributed by atoms with Gasteiger partial charge in [-0.05, 0) is 13.8 Å². The van der Waals surface area contributed by atoms with Gasteiger partial charge in [-0.3, -0.25) is 9.59 Å². The number of nitrogens with one attached hydrogen (secondary N) is 1. The molecule has 16 heavy (non-hydrogen) atoms. The number of amides is 2. The summed E-state index contributed by atoms with van der Waals surface area (Å²) < 4.78 is 0. The van der Waals surface area contributed by atoms with Crippen molar-refractivity contribution in [3.63, 3.8) is 0 Å². The lowest BCUT2D eigenvalue weighted by molar-refractivity contribution is -0.133. The molecule has 0 aliphatic carbocycles. The Labute approximate surface area is 103 Å². The van der Waals surface area contributed by atoms with Crippen molar-refractivity contribution < 1.29 is 9.59 Å². The Morgan fingerprint density at radius 2 is 1.75 bits per heavy atom. The van der Waals surface area contributed by atoms with Gasteiger partial charge in [0.05, 0.1) is 0 Å². The fourth-order valence-electron chi connectivity index (χ4n) is 1.25. The predicted octanol–water partition coefficient (Wildman–Crippen LogP) is 0.132. The Morgan fingerprint density at radius 1 is 1.19 bits per heavy atom. The molecule has 0 fully saturated rings. The molecule has 0 aliphatic heterocycles. The van der Waals surface area contributed by atoms with Crippen LogP contribution in [0.4, 0.5) is 0 Å². The second kappa shape index (κ2) is 10.7. The number of rotatable bonds is 7. The molecule has 6 heteroatoms. The molecule has 0 aliphatic rings. The van der Waals surface area contributed by atoms with Gasteiger partial charge in [0.1, 0.15) is 0 Å². The van der Waals surface area contributed by atoms with Crippen molar-refractivity contribution in [1.82, 2.24) is 10.2 Å². The summed E-state index contributed by atoms with van der Waals surface area (Å²) in [4.78, 5) is 24.4. The van der Waals surface area contributed by atoms with Crippen molar-refractivity contribution in [3.05, 3.63) is 0 Å². The minimum absolute atomic E-state index is 0. The second-order valence-corrected chi connectivity index (χ2v) is 3.20. The Kier molecular flexibility index (Phi) is 11.8. The summed E-state index contributed by atoms with van der Waals surface area (Å²) in [5.74, 6) is -0.0798. The molecule has 0 saturated heterocycles. The van der Waals surface area contributed by atoms with E-state index in [1.165, 1.54) is 0 Å². The van der Waals surface area contributed by atoms with E-state index in [2.05, 4.69) is 5.32 Å². The topological polar surface area (TPSA) is 75.4 Å². The van der Waals surface area contributed by atoms with Gasteiger partial charge in [0.2, 0.25) is 11.8 Å². The van der Waals surface area contributed by atoms with Crippen LogP contribution in [-0.4, -0.2) is 42.9 Å². The Hall–Kier alpha value is -0.810. The number of nitrogens with two attached hydrogens (primary N) is 1. The van der Waals surface area contributed by atoms with Gasteiger partial charge in [-0.2, -0.15) is 0 Å². The van der Waals surface area contributed by atoms with E-state index in [0.29, 0.717) is 26.2 Å². The van der Waals surface area contributed by atoms with E-state index >= 15 is 0 Å². The Balaban J connectivity index is 0. The second-order valence-electron chi connectivity index (χ2n) is 3.20. The maximum atomic E-state index is 11.5. The molecule has 96 valence electrons. The number of carbonyl (C=O) groups is 2. The zero-order valence-corrected chi connectivity index (χ0v) is 10.8. The monoisotopic (exact) mass is 251 g/mol. The lowest BCUT2D eigenvalue weighted by Gasteiger charge is -2.18. The number of hydrogen-bond acceptors (Lipinski definition) is 3. The van der Waals surface area contributed by atoms with Crippen molar-refractivity contribution in [2.75, 3.05) is 26.2 Å². The first-order valence-corrected chi connectivity index (χ1v) is 5.40. The Bertz CT molecular complexity index is 208. The van der Waals surface area contributed by atoms with Crippen molar-refractivity contribution in [3.8, 4) is 0 Å². The number of carbonyl (C=O) groups excluding carboxylic acids is 2. The maximum Gasteiger partial charge on any atom is 0.223 e. The molecule has 0 saturated carbocycles. The summed E-state index contributed by atoms with van der Waals surface area (Å²) in [6.45, 7) is 6.14. The van der Waals surface area contributed by atoms with E-state index in [1.54, 1.807) is 4.90 Å². The molecule has 0 aromatic heterocycles. The average molecular weight is 252 g/mol. The number of hydrogen-bond donors (Lipinski definition) is 2. The highest BCUT2D eigenvalue weighted by Gasteiger charge is 2.11. The normalized spacial score (nSPS) is 9.19. The van der Waals surface area contributed by atoms with Gasteiger partial charge >= 0.3 is 0 Å². The molecule has 2 amide bonds. The predicted molar refractivity (Wildman–Crippen MR) is 66.5 cm³/mol. The van der Waals surface area contributed by atoms with Gasteiger partial charge in [-0.1, -0.05) is 0 Å². The summed E-state index contributed by atoms with van der Waals surface area (Å²) in [6.07, 6.45) is 0.521. The smallest absolute Gasteiger partial charge is 0.223 e.